The minimum absolute atomic E-state index is 0.0272. The number of amides is 2. The van der Waals surface area contributed by atoms with Gasteiger partial charge >= 0.3 is 0 Å². The number of non-ortho nitro benzene ring substituents is 2. The van der Waals surface area contributed by atoms with Crippen molar-refractivity contribution >= 4 is 50.9 Å². The Balaban J connectivity index is 1.99. The summed E-state index contributed by atoms with van der Waals surface area (Å²) in [6.07, 6.45) is 1.27. The van der Waals surface area contributed by atoms with Gasteiger partial charge in [-0.05, 0) is 45.8 Å². The van der Waals surface area contributed by atoms with Crippen LogP contribution in [0.5, 0.6) is 5.75 Å². The van der Waals surface area contributed by atoms with Crippen LogP contribution >= 0.6 is 15.9 Å². The third kappa shape index (κ3) is 6.26. The Morgan fingerprint density at radius 2 is 1.63 bits per heavy atom. The molecule has 0 heterocycles. The van der Waals surface area contributed by atoms with E-state index in [9.17, 15) is 29.8 Å². The molecule has 0 radical (unpaired) electrons. The standard InChI is InChI=1S/C23H17BrN4O7/c1-35-21-13-16(28(33)34)9-10-19(21)25-23(30)20(12-14-5-4-6-15(11-14)27(31)32)26-22(29)17-7-2-3-8-18(17)24/h2-13H,1H3,(H,25,30)(H,26,29). The zero-order chi connectivity index (χ0) is 25.5. The van der Waals surface area contributed by atoms with E-state index in [1.54, 1.807) is 24.3 Å². The summed E-state index contributed by atoms with van der Waals surface area (Å²) >= 11 is 3.28. The molecular formula is C23H17BrN4O7. The van der Waals surface area contributed by atoms with Gasteiger partial charge in [-0.15, -0.1) is 0 Å². The van der Waals surface area contributed by atoms with Gasteiger partial charge in [0.15, 0.2) is 0 Å². The molecule has 0 aliphatic rings. The number of nitro groups is 2. The predicted octanol–water partition coefficient (Wildman–Crippen LogP) is 4.68. The van der Waals surface area contributed by atoms with Crippen molar-refractivity contribution < 1.29 is 24.2 Å². The minimum Gasteiger partial charge on any atom is -0.494 e. The summed E-state index contributed by atoms with van der Waals surface area (Å²) in [5, 5.41) is 27.2. The van der Waals surface area contributed by atoms with Gasteiger partial charge in [0.1, 0.15) is 11.4 Å². The van der Waals surface area contributed by atoms with Gasteiger partial charge in [-0.3, -0.25) is 29.8 Å². The van der Waals surface area contributed by atoms with Crippen molar-refractivity contribution in [1.29, 1.82) is 0 Å². The van der Waals surface area contributed by atoms with Crippen LogP contribution in [-0.2, 0) is 4.79 Å². The lowest BCUT2D eigenvalue weighted by Crippen LogP contribution is -2.31. The zero-order valence-corrected chi connectivity index (χ0v) is 19.6. The molecule has 0 bridgehead atoms. The lowest BCUT2D eigenvalue weighted by molar-refractivity contribution is -0.385. The number of nitrogens with one attached hydrogen (secondary N) is 2. The van der Waals surface area contributed by atoms with Gasteiger partial charge in [-0.25, -0.2) is 0 Å². The zero-order valence-electron chi connectivity index (χ0n) is 18.1. The van der Waals surface area contributed by atoms with Crippen LogP contribution in [0.25, 0.3) is 6.08 Å². The van der Waals surface area contributed by atoms with Crippen LogP contribution in [0.15, 0.2) is 76.9 Å². The highest BCUT2D eigenvalue weighted by atomic mass is 79.9. The van der Waals surface area contributed by atoms with Crippen LogP contribution < -0.4 is 15.4 Å². The molecule has 0 atom stereocenters. The largest absolute Gasteiger partial charge is 0.494 e. The number of hydrogen-bond acceptors (Lipinski definition) is 7. The number of anilines is 1. The normalized spacial score (nSPS) is 10.9. The van der Waals surface area contributed by atoms with Crippen LogP contribution in [0.4, 0.5) is 17.1 Å². The fraction of sp³-hybridized carbons (Fsp3) is 0.0435. The molecule has 35 heavy (non-hydrogen) atoms. The first kappa shape index (κ1) is 25.1. The van der Waals surface area contributed by atoms with Gasteiger partial charge in [0, 0.05) is 22.7 Å². The number of carbonyl (C=O) groups excluding carboxylic acids is 2. The summed E-state index contributed by atoms with van der Waals surface area (Å²) in [5.41, 5.74) is -0.0254. The maximum absolute atomic E-state index is 13.1. The average molecular weight is 541 g/mol. The van der Waals surface area contributed by atoms with Gasteiger partial charge in [-0.2, -0.15) is 0 Å². The molecule has 0 saturated heterocycles. The maximum atomic E-state index is 13.1. The van der Waals surface area contributed by atoms with Crippen LogP contribution in [0.1, 0.15) is 15.9 Å². The second-order valence-corrected chi connectivity index (χ2v) is 7.79. The second kappa shape index (κ2) is 11.0. The molecule has 3 aromatic carbocycles. The summed E-state index contributed by atoms with van der Waals surface area (Å²) in [6.45, 7) is 0. The second-order valence-electron chi connectivity index (χ2n) is 6.94. The number of nitro benzene ring substituents is 2. The number of hydrogen-bond donors (Lipinski definition) is 2. The fourth-order valence-electron chi connectivity index (χ4n) is 2.97. The summed E-state index contributed by atoms with van der Waals surface area (Å²) in [5.74, 6) is -1.37. The van der Waals surface area contributed by atoms with Gasteiger partial charge in [0.2, 0.25) is 0 Å². The Labute approximate surface area is 206 Å². The molecule has 0 fully saturated rings. The van der Waals surface area contributed by atoms with Crippen molar-refractivity contribution in [3.63, 3.8) is 0 Å². The first-order valence-electron chi connectivity index (χ1n) is 9.85. The van der Waals surface area contributed by atoms with Gasteiger partial charge in [0.25, 0.3) is 23.2 Å². The Morgan fingerprint density at radius 3 is 2.29 bits per heavy atom. The SMILES string of the molecule is COc1cc([N+](=O)[O-])ccc1NC(=O)C(=Cc1cccc([N+](=O)[O-])c1)NC(=O)c1ccccc1Br. The van der Waals surface area contributed by atoms with Crippen molar-refractivity contribution in [3.8, 4) is 5.75 Å². The van der Waals surface area contributed by atoms with E-state index in [2.05, 4.69) is 26.6 Å². The quantitative estimate of drug-likeness (QED) is 0.238. The fourth-order valence-corrected chi connectivity index (χ4v) is 3.44. The monoisotopic (exact) mass is 540 g/mol. The van der Waals surface area contributed by atoms with E-state index >= 15 is 0 Å². The molecule has 3 rings (SSSR count). The smallest absolute Gasteiger partial charge is 0.273 e. The average Bonchev–Trinajstić information content (AvgIpc) is 2.84. The van der Waals surface area contributed by atoms with E-state index in [4.69, 9.17) is 4.74 Å². The van der Waals surface area contributed by atoms with E-state index in [0.717, 1.165) is 6.07 Å². The highest BCUT2D eigenvalue weighted by molar-refractivity contribution is 9.10. The molecule has 0 unspecified atom stereocenters. The van der Waals surface area contributed by atoms with Gasteiger partial charge in [0.05, 0.1) is 34.3 Å². The first-order valence-corrected chi connectivity index (χ1v) is 10.6. The number of methoxy groups -OCH3 is 1. The Bertz CT molecular complexity index is 1360. The number of rotatable bonds is 8. The van der Waals surface area contributed by atoms with Crippen molar-refractivity contribution in [2.45, 2.75) is 0 Å². The van der Waals surface area contributed by atoms with E-state index in [0.29, 0.717) is 4.47 Å². The molecule has 0 saturated carbocycles. The summed E-state index contributed by atoms with van der Waals surface area (Å²) in [6, 6.07) is 15.7. The third-order valence-corrected chi connectivity index (χ3v) is 5.34. The van der Waals surface area contributed by atoms with Crippen molar-refractivity contribution in [2.75, 3.05) is 12.4 Å². The predicted molar refractivity (Wildman–Crippen MR) is 131 cm³/mol. The molecule has 0 spiro atoms. The number of nitrogens with zero attached hydrogens (tertiary/aromatic N) is 2. The van der Waals surface area contributed by atoms with E-state index in [-0.39, 0.29) is 39.6 Å². The van der Waals surface area contributed by atoms with Gasteiger partial charge in [-0.1, -0.05) is 24.3 Å². The third-order valence-electron chi connectivity index (χ3n) is 4.65. The number of halogens is 1. The highest BCUT2D eigenvalue weighted by Gasteiger charge is 2.19. The number of benzene rings is 3. The topological polar surface area (TPSA) is 154 Å². The molecular weight excluding hydrogens is 524 g/mol. The number of carbonyl (C=O) groups is 2. The number of ether oxygens (including phenoxy) is 1. The lowest BCUT2D eigenvalue weighted by Gasteiger charge is -2.14. The van der Waals surface area contributed by atoms with Gasteiger partial charge < -0.3 is 15.4 Å². The molecule has 11 nitrogen and oxygen atoms in total. The highest BCUT2D eigenvalue weighted by Crippen LogP contribution is 2.29. The van der Waals surface area contributed by atoms with Crippen molar-refractivity contribution in [3.05, 3.63) is 108 Å². The van der Waals surface area contributed by atoms with Crippen molar-refractivity contribution in [1.82, 2.24) is 5.32 Å². The summed E-state index contributed by atoms with van der Waals surface area (Å²) < 4.78 is 5.63. The molecule has 3 aromatic rings. The Morgan fingerprint density at radius 1 is 0.943 bits per heavy atom. The molecule has 12 heteroatoms. The van der Waals surface area contributed by atoms with E-state index < -0.39 is 21.7 Å². The molecule has 178 valence electrons. The molecule has 2 amide bonds. The Hall–Kier alpha value is -4.58. The molecule has 0 aromatic heterocycles. The molecule has 0 aliphatic carbocycles. The Kier molecular flexibility index (Phi) is 7.89. The first-order chi connectivity index (χ1) is 16.7. The van der Waals surface area contributed by atoms with Crippen LogP contribution in [0.3, 0.4) is 0 Å². The van der Waals surface area contributed by atoms with E-state index in [1.807, 2.05) is 0 Å². The molecule has 0 aliphatic heterocycles. The summed E-state index contributed by atoms with van der Waals surface area (Å²) in [4.78, 5) is 47.0. The summed E-state index contributed by atoms with van der Waals surface area (Å²) in [7, 11) is 1.28. The molecule has 2 N–H and O–H groups in total. The van der Waals surface area contributed by atoms with E-state index in [1.165, 1.54) is 49.6 Å². The van der Waals surface area contributed by atoms with Crippen LogP contribution in [-0.4, -0.2) is 28.8 Å². The maximum Gasteiger partial charge on any atom is 0.273 e. The van der Waals surface area contributed by atoms with Crippen LogP contribution in [0, 0.1) is 20.2 Å². The van der Waals surface area contributed by atoms with Crippen molar-refractivity contribution in [2.24, 2.45) is 0 Å². The minimum atomic E-state index is -0.788. The van der Waals surface area contributed by atoms with Crippen LogP contribution in [0.2, 0.25) is 0 Å². The lowest BCUT2D eigenvalue weighted by atomic mass is 10.1.